The summed E-state index contributed by atoms with van der Waals surface area (Å²) in [5, 5.41) is 0. The van der Waals surface area contributed by atoms with Crippen molar-refractivity contribution in [1.82, 2.24) is 0 Å². The van der Waals surface area contributed by atoms with Crippen molar-refractivity contribution in [2.24, 2.45) is 5.92 Å². The molecule has 0 aliphatic heterocycles. The van der Waals surface area contributed by atoms with Crippen LogP contribution in [0, 0.1) is 12.8 Å². The summed E-state index contributed by atoms with van der Waals surface area (Å²) in [5.41, 5.74) is 0. The summed E-state index contributed by atoms with van der Waals surface area (Å²) in [6, 6.07) is 0. The van der Waals surface area contributed by atoms with E-state index < -0.39 is 0 Å². The van der Waals surface area contributed by atoms with Crippen LogP contribution in [0.5, 0.6) is 0 Å². The van der Waals surface area contributed by atoms with Crippen molar-refractivity contribution >= 4 is 0 Å². The Balaban J connectivity index is 2.98. The van der Waals surface area contributed by atoms with E-state index in [9.17, 15) is 0 Å². The van der Waals surface area contributed by atoms with Crippen molar-refractivity contribution < 1.29 is 0 Å². The molecule has 0 fully saturated rings. The van der Waals surface area contributed by atoms with Crippen LogP contribution >= 0.6 is 0 Å². The Hall–Kier alpha value is 0. The third kappa shape index (κ3) is 13.9. The molecule has 17 heavy (non-hydrogen) atoms. The molecule has 0 aliphatic rings. The number of rotatable bonds is 13. The van der Waals surface area contributed by atoms with E-state index in [-0.39, 0.29) is 0 Å². The molecule has 0 nitrogen and oxygen atoms in total. The number of unbranched alkanes of at least 4 members (excludes halogenated alkanes) is 9. The first kappa shape index (κ1) is 17.0. The van der Waals surface area contributed by atoms with Gasteiger partial charge in [-0.05, 0) is 5.92 Å². The highest BCUT2D eigenvalue weighted by atomic mass is 14.1. The molecule has 0 aromatic carbocycles. The molecule has 1 unspecified atom stereocenters. The molecule has 0 rings (SSSR count). The Morgan fingerprint density at radius 3 is 1.65 bits per heavy atom. The monoisotopic (exact) mass is 239 g/mol. The second kappa shape index (κ2) is 14.1. The molecule has 0 bridgehead atoms. The second-order valence-corrected chi connectivity index (χ2v) is 5.72. The van der Waals surface area contributed by atoms with Crippen LogP contribution < -0.4 is 0 Å². The molecule has 0 aromatic rings. The molecule has 0 spiro atoms. The highest BCUT2D eigenvalue weighted by molar-refractivity contribution is 4.53. The summed E-state index contributed by atoms with van der Waals surface area (Å²) in [4.78, 5) is 0. The summed E-state index contributed by atoms with van der Waals surface area (Å²) >= 11 is 0. The van der Waals surface area contributed by atoms with Crippen LogP contribution in [-0.2, 0) is 0 Å². The molecule has 0 heteroatoms. The lowest BCUT2D eigenvalue weighted by atomic mass is 9.98. The molecular weight excluding hydrogens is 204 g/mol. The number of hydrogen-bond acceptors (Lipinski definition) is 0. The first-order valence-electron chi connectivity index (χ1n) is 8.10. The molecule has 0 saturated carbocycles. The largest absolute Gasteiger partial charge is 0.0654 e. The van der Waals surface area contributed by atoms with Gasteiger partial charge in [0.05, 0.1) is 0 Å². The molecular formula is C17H35. The van der Waals surface area contributed by atoms with Gasteiger partial charge in [-0.25, -0.2) is 0 Å². The summed E-state index contributed by atoms with van der Waals surface area (Å²) in [6.07, 6.45) is 18.3. The van der Waals surface area contributed by atoms with Crippen LogP contribution in [0.15, 0.2) is 0 Å². The van der Waals surface area contributed by atoms with Gasteiger partial charge in [0.1, 0.15) is 0 Å². The average Bonchev–Trinajstić information content (AvgIpc) is 2.32. The third-order valence-electron chi connectivity index (χ3n) is 3.73. The Kier molecular flexibility index (Phi) is 14.1. The van der Waals surface area contributed by atoms with Gasteiger partial charge in [-0.1, -0.05) is 104 Å². The normalized spacial score (nSPS) is 12.9. The third-order valence-corrected chi connectivity index (χ3v) is 3.73. The van der Waals surface area contributed by atoms with Gasteiger partial charge in [-0.2, -0.15) is 0 Å². The van der Waals surface area contributed by atoms with Gasteiger partial charge < -0.3 is 0 Å². The van der Waals surface area contributed by atoms with Crippen molar-refractivity contribution in [2.75, 3.05) is 0 Å². The first-order valence-corrected chi connectivity index (χ1v) is 8.10. The van der Waals surface area contributed by atoms with Gasteiger partial charge in [0.25, 0.3) is 0 Å². The number of hydrogen-bond donors (Lipinski definition) is 0. The summed E-state index contributed by atoms with van der Waals surface area (Å²) in [5.74, 6) is 0.961. The van der Waals surface area contributed by atoms with Crippen LogP contribution in [-0.4, -0.2) is 0 Å². The highest BCUT2D eigenvalue weighted by Gasteiger charge is 1.99. The Labute approximate surface area is 111 Å². The molecule has 0 N–H and O–H groups in total. The highest BCUT2D eigenvalue weighted by Crippen LogP contribution is 2.16. The lowest BCUT2D eigenvalue weighted by Crippen LogP contribution is -1.93. The molecule has 1 atom stereocenters. The average molecular weight is 239 g/mol. The molecule has 1 radical (unpaired) electrons. The van der Waals surface area contributed by atoms with Crippen LogP contribution in [0.2, 0.25) is 0 Å². The Morgan fingerprint density at radius 2 is 1.18 bits per heavy atom. The molecule has 0 aliphatic carbocycles. The van der Waals surface area contributed by atoms with Crippen LogP contribution in [0.3, 0.4) is 0 Å². The molecule has 0 saturated heterocycles. The van der Waals surface area contributed by atoms with Gasteiger partial charge in [0.15, 0.2) is 0 Å². The van der Waals surface area contributed by atoms with Crippen molar-refractivity contribution in [3.8, 4) is 0 Å². The standard InChI is InChI=1S/C17H35/c1-4-6-7-8-9-10-11-12-13-14-16-17(3)15-5-2/h17H,1,4-16H2,2-3H3. The van der Waals surface area contributed by atoms with Crippen molar-refractivity contribution in [1.29, 1.82) is 0 Å². The fourth-order valence-electron chi connectivity index (χ4n) is 2.54. The lowest BCUT2D eigenvalue weighted by Gasteiger charge is -2.09. The fourth-order valence-corrected chi connectivity index (χ4v) is 2.54. The first-order chi connectivity index (χ1) is 8.31. The summed E-state index contributed by atoms with van der Waals surface area (Å²) in [7, 11) is 0. The predicted molar refractivity (Wildman–Crippen MR) is 80.2 cm³/mol. The molecule has 103 valence electrons. The quantitative estimate of drug-likeness (QED) is 0.320. The van der Waals surface area contributed by atoms with E-state index in [1.54, 1.807) is 0 Å². The minimum absolute atomic E-state index is 0.961. The Morgan fingerprint density at radius 1 is 0.706 bits per heavy atom. The van der Waals surface area contributed by atoms with E-state index in [1.807, 2.05) is 0 Å². The maximum Gasteiger partial charge on any atom is -0.0443 e. The van der Waals surface area contributed by atoms with Gasteiger partial charge >= 0.3 is 0 Å². The molecule has 0 aromatic heterocycles. The molecule has 0 heterocycles. The van der Waals surface area contributed by atoms with Gasteiger partial charge in [-0.3, -0.25) is 0 Å². The minimum atomic E-state index is 0.961. The summed E-state index contributed by atoms with van der Waals surface area (Å²) < 4.78 is 0. The van der Waals surface area contributed by atoms with E-state index in [2.05, 4.69) is 20.8 Å². The van der Waals surface area contributed by atoms with Crippen LogP contribution in [0.4, 0.5) is 0 Å². The van der Waals surface area contributed by atoms with E-state index in [0.717, 1.165) is 12.3 Å². The van der Waals surface area contributed by atoms with Crippen LogP contribution in [0.25, 0.3) is 0 Å². The summed E-state index contributed by atoms with van der Waals surface area (Å²) in [6.45, 7) is 8.59. The predicted octanol–water partition coefficient (Wildman–Crippen LogP) is 6.55. The van der Waals surface area contributed by atoms with Gasteiger partial charge in [0, 0.05) is 0 Å². The zero-order chi connectivity index (χ0) is 12.8. The SMILES string of the molecule is [CH2]CCCCCCCCCCCC(C)CCC. The lowest BCUT2D eigenvalue weighted by molar-refractivity contribution is 0.450. The van der Waals surface area contributed by atoms with E-state index in [0.29, 0.717) is 0 Å². The topological polar surface area (TPSA) is 0 Å². The fraction of sp³-hybridized carbons (Fsp3) is 0.941. The van der Waals surface area contributed by atoms with E-state index in [4.69, 9.17) is 0 Å². The molecule has 0 amide bonds. The zero-order valence-electron chi connectivity index (χ0n) is 12.5. The van der Waals surface area contributed by atoms with E-state index >= 15 is 0 Å². The van der Waals surface area contributed by atoms with Crippen molar-refractivity contribution in [3.63, 3.8) is 0 Å². The minimum Gasteiger partial charge on any atom is -0.0654 e. The maximum absolute atomic E-state index is 3.88. The van der Waals surface area contributed by atoms with Gasteiger partial charge in [-0.15, -0.1) is 0 Å². The van der Waals surface area contributed by atoms with Crippen molar-refractivity contribution in [3.05, 3.63) is 6.92 Å². The van der Waals surface area contributed by atoms with Gasteiger partial charge in [0.2, 0.25) is 0 Å². The van der Waals surface area contributed by atoms with Crippen LogP contribution in [0.1, 0.15) is 97.3 Å². The Bertz CT molecular complexity index is 128. The zero-order valence-corrected chi connectivity index (χ0v) is 12.5. The second-order valence-electron chi connectivity index (χ2n) is 5.72. The maximum atomic E-state index is 3.88. The smallest absolute Gasteiger partial charge is 0.0443 e. The van der Waals surface area contributed by atoms with Crippen molar-refractivity contribution in [2.45, 2.75) is 97.3 Å². The van der Waals surface area contributed by atoms with E-state index in [1.165, 1.54) is 77.0 Å².